The zero-order valence-electron chi connectivity index (χ0n) is 15.8. The minimum absolute atomic E-state index is 0.0543. The van der Waals surface area contributed by atoms with Gasteiger partial charge in [0.25, 0.3) is 11.8 Å². The maximum absolute atomic E-state index is 12.3. The number of rotatable bonds is 8. The molecule has 2 aromatic rings. The second kappa shape index (κ2) is 8.81. The number of amides is 3. The van der Waals surface area contributed by atoms with Crippen molar-refractivity contribution in [1.29, 1.82) is 0 Å². The van der Waals surface area contributed by atoms with E-state index in [0.29, 0.717) is 24.1 Å². The van der Waals surface area contributed by atoms with Crippen molar-refractivity contribution in [3.05, 3.63) is 65.2 Å². The van der Waals surface area contributed by atoms with E-state index < -0.39 is 6.61 Å². The quantitative estimate of drug-likeness (QED) is 0.636. The highest BCUT2D eigenvalue weighted by Gasteiger charge is 2.34. The first kappa shape index (κ1) is 20.4. The number of benzene rings is 2. The standard InChI is InChI=1S/C21H20F2N2O4/c1-24(13-14-8-10-15(11-9-14)29-21(22)23)18(26)7-4-12-25-19(27)16-5-2-3-6-17(16)20(25)28/h2-3,5-6,8-11,21H,4,7,12-13H2,1H3. The van der Waals surface area contributed by atoms with E-state index in [9.17, 15) is 23.2 Å². The average Bonchev–Trinajstić information content (AvgIpc) is 2.94. The number of hydrogen-bond acceptors (Lipinski definition) is 4. The summed E-state index contributed by atoms with van der Waals surface area (Å²) >= 11 is 0. The number of halogens is 2. The zero-order chi connectivity index (χ0) is 21.0. The SMILES string of the molecule is CN(Cc1ccc(OC(F)F)cc1)C(=O)CCCN1C(=O)c2ccccc2C1=O. The highest BCUT2D eigenvalue weighted by atomic mass is 19.3. The van der Waals surface area contributed by atoms with E-state index in [1.54, 1.807) is 43.4 Å². The Morgan fingerprint density at radius 1 is 1.03 bits per heavy atom. The molecule has 8 heteroatoms. The molecule has 0 aliphatic carbocycles. The van der Waals surface area contributed by atoms with Crippen molar-refractivity contribution in [3.8, 4) is 5.75 Å². The molecule has 0 fully saturated rings. The van der Waals surface area contributed by atoms with Crippen molar-refractivity contribution in [3.63, 3.8) is 0 Å². The Morgan fingerprint density at radius 2 is 1.62 bits per heavy atom. The van der Waals surface area contributed by atoms with Crippen molar-refractivity contribution in [2.45, 2.75) is 26.0 Å². The smallest absolute Gasteiger partial charge is 0.387 e. The molecule has 0 N–H and O–H groups in total. The van der Waals surface area contributed by atoms with Crippen LogP contribution in [0.1, 0.15) is 39.1 Å². The van der Waals surface area contributed by atoms with Crippen LogP contribution in [0.5, 0.6) is 5.75 Å². The number of fused-ring (bicyclic) bond motifs is 1. The molecule has 1 aliphatic rings. The highest BCUT2D eigenvalue weighted by molar-refractivity contribution is 6.21. The minimum Gasteiger partial charge on any atom is -0.435 e. The molecule has 29 heavy (non-hydrogen) atoms. The van der Waals surface area contributed by atoms with Crippen LogP contribution in [0.15, 0.2) is 48.5 Å². The van der Waals surface area contributed by atoms with E-state index in [1.807, 2.05) is 0 Å². The zero-order valence-corrected chi connectivity index (χ0v) is 15.8. The fourth-order valence-electron chi connectivity index (χ4n) is 3.16. The Labute approximate surface area is 166 Å². The Hall–Kier alpha value is -3.29. The van der Waals surface area contributed by atoms with Gasteiger partial charge in [0, 0.05) is 26.6 Å². The Balaban J connectivity index is 1.47. The minimum atomic E-state index is -2.88. The highest BCUT2D eigenvalue weighted by Crippen LogP contribution is 2.23. The molecule has 6 nitrogen and oxygen atoms in total. The maximum atomic E-state index is 12.3. The molecule has 0 atom stereocenters. The third-order valence-corrected chi connectivity index (χ3v) is 4.64. The summed E-state index contributed by atoms with van der Waals surface area (Å²) in [6, 6.07) is 12.7. The largest absolute Gasteiger partial charge is 0.435 e. The van der Waals surface area contributed by atoms with Crippen LogP contribution in [-0.4, -0.2) is 47.7 Å². The van der Waals surface area contributed by atoms with Crippen LogP contribution < -0.4 is 4.74 Å². The molecule has 3 rings (SSSR count). The number of imide groups is 1. The number of carbonyl (C=O) groups is 3. The lowest BCUT2D eigenvalue weighted by Gasteiger charge is -2.19. The second-order valence-electron chi connectivity index (χ2n) is 6.68. The van der Waals surface area contributed by atoms with Crippen molar-refractivity contribution < 1.29 is 27.9 Å². The van der Waals surface area contributed by atoms with Crippen LogP contribution in [-0.2, 0) is 11.3 Å². The van der Waals surface area contributed by atoms with Crippen molar-refractivity contribution in [2.75, 3.05) is 13.6 Å². The molecule has 0 saturated heterocycles. The molecular weight excluding hydrogens is 382 g/mol. The predicted octanol–water partition coefficient (Wildman–Crippen LogP) is 3.32. The van der Waals surface area contributed by atoms with Gasteiger partial charge in [0.05, 0.1) is 11.1 Å². The molecule has 2 aromatic carbocycles. The van der Waals surface area contributed by atoms with Gasteiger partial charge in [-0.25, -0.2) is 0 Å². The van der Waals surface area contributed by atoms with Crippen molar-refractivity contribution >= 4 is 17.7 Å². The van der Waals surface area contributed by atoms with E-state index in [4.69, 9.17) is 0 Å². The Bertz CT molecular complexity index is 880. The molecule has 0 unspecified atom stereocenters. The van der Waals surface area contributed by atoms with E-state index in [2.05, 4.69) is 4.74 Å². The van der Waals surface area contributed by atoms with Gasteiger partial charge in [0.2, 0.25) is 5.91 Å². The van der Waals surface area contributed by atoms with Crippen LogP contribution in [0.2, 0.25) is 0 Å². The molecule has 1 heterocycles. The van der Waals surface area contributed by atoms with Crippen LogP contribution in [0.3, 0.4) is 0 Å². The van der Waals surface area contributed by atoms with Gasteiger partial charge in [0.15, 0.2) is 0 Å². The summed E-state index contributed by atoms with van der Waals surface area (Å²) in [7, 11) is 1.63. The van der Waals surface area contributed by atoms with Gasteiger partial charge in [-0.2, -0.15) is 8.78 Å². The molecule has 0 radical (unpaired) electrons. The third-order valence-electron chi connectivity index (χ3n) is 4.64. The van der Waals surface area contributed by atoms with Gasteiger partial charge >= 0.3 is 6.61 Å². The number of ether oxygens (including phenoxy) is 1. The van der Waals surface area contributed by atoms with E-state index >= 15 is 0 Å². The van der Waals surface area contributed by atoms with Crippen LogP contribution >= 0.6 is 0 Å². The van der Waals surface area contributed by atoms with E-state index in [0.717, 1.165) is 5.56 Å². The molecule has 0 saturated carbocycles. The van der Waals surface area contributed by atoms with Crippen LogP contribution in [0, 0.1) is 0 Å². The summed E-state index contributed by atoms with van der Waals surface area (Å²) in [6.45, 7) is -2.40. The van der Waals surface area contributed by atoms with E-state index in [-0.39, 0.29) is 36.4 Å². The number of carbonyl (C=O) groups excluding carboxylic acids is 3. The van der Waals surface area contributed by atoms with Gasteiger partial charge < -0.3 is 9.64 Å². The first-order chi connectivity index (χ1) is 13.9. The molecule has 152 valence electrons. The Kier molecular flexibility index (Phi) is 6.21. The summed E-state index contributed by atoms with van der Waals surface area (Å²) in [5, 5.41) is 0. The summed E-state index contributed by atoms with van der Waals surface area (Å²) < 4.78 is 28.6. The fraction of sp³-hybridized carbons (Fsp3) is 0.286. The van der Waals surface area contributed by atoms with Crippen molar-refractivity contribution in [1.82, 2.24) is 9.80 Å². The number of nitrogens with zero attached hydrogens (tertiary/aromatic N) is 2. The summed E-state index contributed by atoms with van der Waals surface area (Å²) in [6.07, 6.45) is 0.534. The predicted molar refractivity (Wildman–Crippen MR) is 101 cm³/mol. The van der Waals surface area contributed by atoms with Crippen molar-refractivity contribution in [2.24, 2.45) is 0 Å². The van der Waals surface area contributed by atoms with E-state index in [1.165, 1.54) is 21.9 Å². The number of hydrogen-bond donors (Lipinski definition) is 0. The maximum Gasteiger partial charge on any atom is 0.387 e. The topological polar surface area (TPSA) is 66.9 Å². The van der Waals surface area contributed by atoms with Crippen LogP contribution in [0.4, 0.5) is 8.78 Å². The lowest BCUT2D eigenvalue weighted by atomic mass is 10.1. The second-order valence-corrected chi connectivity index (χ2v) is 6.68. The average molecular weight is 402 g/mol. The lowest BCUT2D eigenvalue weighted by Crippen LogP contribution is -2.32. The monoisotopic (exact) mass is 402 g/mol. The normalized spacial score (nSPS) is 13.0. The first-order valence-corrected chi connectivity index (χ1v) is 9.09. The van der Waals surface area contributed by atoms with Gasteiger partial charge in [0.1, 0.15) is 5.75 Å². The summed E-state index contributed by atoms with van der Waals surface area (Å²) in [5.41, 5.74) is 1.54. The Morgan fingerprint density at radius 3 is 2.17 bits per heavy atom. The molecular formula is C21H20F2N2O4. The number of alkyl halides is 2. The van der Waals surface area contributed by atoms with Gasteiger partial charge in [-0.1, -0.05) is 24.3 Å². The summed E-state index contributed by atoms with van der Waals surface area (Å²) in [5.74, 6) is -0.761. The first-order valence-electron chi connectivity index (χ1n) is 9.09. The molecule has 3 amide bonds. The third kappa shape index (κ3) is 4.77. The fourth-order valence-corrected chi connectivity index (χ4v) is 3.16. The van der Waals surface area contributed by atoms with Crippen LogP contribution in [0.25, 0.3) is 0 Å². The van der Waals surface area contributed by atoms with Gasteiger partial charge in [-0.3, -0.25) is 19.3 Å². The van der Waals surface area contributed by atoms with Gasteiger partial charge in [-0.15, -0.1) is 0 Å². The molecule has 0 spiro atoms. The molecule has 0 aromatic heterocycles. The lowest BCUT2D eigenvalue weighted by molar-refractivity contribution is -0.130. The summed E-state index contributed by atoms with van der Waals surface area (Å²) in [4.78, 5) is 39.6. The molecule has 0 bridgehead atoms. The molecule has 1 aliphatic heterocycles. The van der Waals surface area contributed by atoms with Gasteiger partial charge in [-0.05, 0) is 36.2 Å².